The van der Waals surface area contributed by atoms with Crippen LogP contribution in [0.3, 0.4) is 0 Å². The summed E-state index contributed by atoms with van der Waals surface area (Å²) in [7, 11) is -12.6. The van der Waals surface area contributed by atoms with Crippen LogP contribution in [0.2, 0.25) is 96.3 Å². The van der Waals surface area contributed by atoms with Crippen LogP contribution in [0.25, 0.3) is 0 Å². The van der Waals surface area contributed by atoms with E-state index in [1.807, 2.05) is 0 Å². The predicted octanol–water partition coefficient (Wildman–Crippen LogP) is 7.28. The zero-order valence-electron chi connectivity index (χ0n) is 19.3. The van der Waals surface area contributed by atoms with Crippen molar-refractivity contribution in [2.75, 3.05) is 0 Å². The molecule has 0 aromatic heterocycles. The number of hydrogen-bond donors (Lipinski definition) is 0. The Bertz CT molecular complexity index is 404. The molecule has 0 fully saturated rings. The molecule has 0 N–H and O–H groups in total. The predicted molar refractivity (Wildman–Crippen MR) is 134 cm³/mol. The third-order valence-corrected chi connectivity index (χ3v) is 27.0. The minimum Gasteiger partial charge on any atom is -0.417 e. The molecular formula is C15H42Cl2O3Si6. The van der Waals surface area contributed by atoms with Crippen molar-refractivity contribution in [3.05, 3.63) is 0 Å². The highest BCUT2D eigenvalue weighted by molar-refractivity contribution is 7.33. The Labute approximate surface area is 178 Å². The van der Waals surface area contributed by atoms with Crippen molar-refractivity contribution >= 4 is 70.7 Å². The fourth-order valence-electron chi connectivity index (χ4n) is 3.14. The van der Waals surface area contributed by atoms with E-state index in [2.05, 4.69) is 85.1 Å². The third kappa shape index (κ3) is 11.7. The van der Waals surface area contributed by atoms with E-state index in [0.717, 1.165) is 6.04 Å². The Morgan fingerprint density at radius 3 is 0.923 bits per heavy atom. The molecule has 0 aromatic rings. The maximum atomic E-state index is 6.98. The van der Waals surface area contributed by atoms with Gasteiger partial charge in [-0.1, -0.05) is 26.2 Å². The Morgan fingerprint density at radius 1 is 0.538 bits per heavy atom. The summed E-state index contributed by atoms with van der Waals surface area (Å²) in [5.41, 5.74) is 0. The molecule has 0 bridgehead atoms. The summed E-state index contributed by atoms with van der Waals surface area (Å²) in [5.74, 6) is 0. The van der Waals surface area contributed by atoms with E-state index in [4.69, 9.17) is 34.5 Å². The molecule has 11 heteroatoms. The molecule has 0 saturated heterocycles. The first-order valence-electron chi connectivity index (χ1n) is 9.44. The normalized spacial score (nSPS) is 15.7. The van der Waals surface area contributed by atoms with Crippen molar-refractivity contribution in [1.82, 2.24) is 0 Å². The lowest BCUT2D eigenvalue weighted by Crippen LogP contribution is -2.62. The molecule has 26 heavy (non-hydrogen) atoms. The van der Waals surface area contributed by atoms with Crippen LogP contribution in [0.4, 0.5) is 0 Å². The van der Waals surface area contributed by atoms with E-state index in [9.17, 15) is 0 Å². The molecular weight excluding hydrogens is 468 g/mol. The van der Waals surface area contributed by atoms with Crippen LogP contribution < -0.4 is 0 Å². The van der Waals surface area contributed by atoms with Gasteiger partial charge in [0, 0.05) is 6.04 Å². The smallest absolute Gasteiger partial charge is 0.417 e. The highest BCUT2D eigenvalue weighted by atomic mass is 35.6. The molecule has 0 heterocycles. The van der Waals surface area contributed by atoms with E-state index in [1.165, 1.54) is 0 Å². The fourth-order valence-corrected chi connectivity index (χ4v) is 36.2. The fraction of sp³-hybridized carbons (Fsp3) is 1.00. The Hall–Kier alpha value is 1.76. The number of hydrogen-bond acceptors (Lipinski definition) is 3. The lowest BCUT2D eigenvalue weighted by atomic mass is 10.9. The van der Waals surface area contributed by atoms with Crippen LogP contribution in [-0.4, -0.2) is 48.5 Å². The average molecular weight is 510 g/mol. The van der Waals surface area contributed by atoms with Crippen molar-refractivity contribution in [3.8, 4) is 0 Å². The summed E-state index contributed by atoms with van der Waals surface area (Å²) in [6.45, 7) is 28.8. The quantitative estimate of drug-likeness (QED) is 0.229. The molecule has 0 aromatic carbocycles. The van der Waals surface area contributed by atoms with Gasteiger partial charge in [-0.15, -0.1) is 0 Å². The highest BCUT2D eigenvalue weighted by Crippen LogP contribution is 2.45. The Morgan fingerprint density at radius 2 is 0.769 bits per heavy atom. The molecule has 158 valence electrons. The van der Waals surface area contributed by atoms with Crippen molar-refractivity contribution in [2.24, 2.45) is 0 Å². The standard InChI is InChI=1S/C15H42Cl2O3Si6/c1-21(2,3)18-26(19-22(4,5)6,20-23(7,8)9)14-15(24(10,11)16)25(12,13)17/h15H,14H2,1-13H3. The summed E-state index contributed by atoms with van der Waals surface area (Å²) in [6.07, 6.45) is 0. The van der Waals surface area contributed by atoms with E-state index in [-0.39, 0.29) is 5.16 Å². The molecule has 0 aliphatic heterocycles. The van der Waals surface area contributed by atoms with Crippen molar-refractivity contribution < 1.29 is 12.3 Å². The van der Waals surface area contributed by atoms with E-state index in [0.29, 0.717) is 0 Å². The summed E-state index contributed by atoms with van der Waals surface area (Å²) in [5, 5.41) is 0.272. The van der Waals surface area contributed by atoms with Gasteiger partial charge in [-0.05, 0) is 64.1 Å². The zero-order valence-corrected chi connectivity index (χ0v) is 26.8. The first-order chi connectivity index (χ1) is 11.0. The minimum atomic E-state index is -2.90. The van der Waals surface area contributed by atoms with Gasteiger partial charge in [0.1, 0.15) is 0 Å². The second-order valence-electron chi connectivity index (χ2n) is 11.2. The van der Waals surface area contributed by atoms with E-state index >= 15 is 0 Å². The SMILES string of the molecule is C[Si](C)(C)O[Si](CC([Si](C)(C)Cl)[Si](C)(C)Cl)(O[Si](C)(C)C)O[Si](C)(C)C. The Kier molecular flexibility index (Phi) is 9.46. The van der Waals surface area contributed by atoms with Crippen LogP contribution in [0.1, 0.15) is 0 Å². The maximum Gasteiger partial charge on any atom is 0.469 e. The van der Waals surface area contributed by atoms with Crippen LogP contribution >= 0.6 is 22.2 Å². The van der Waals surface area contributed by atoms with Gasteiger partial charge in [0.2, 0.25) is 0 Å². The lowest BCUT2D eigenvalue weighted by molar-refractivity contribution is 0.252. The van der Waals surface area contributed by atoms with Gasteiger partial charge in [0.05, 0.1) is 0 Å². The van der Waals surface area contributed by atoms with Crippen molar-refractivity contribution in [1.29, 1.82) is 0 Å². The summed E-state index contributed by atoms with van der Waals surface area (Å²) < 4.78 is 20.5. The van der Waals surface area contributed by atoms with Gasteiger partial charge in [-0.25, -0.2) is 0 Å². The molecule has 0 spiro atoms. The average Bonchev–Trinajstić information content (AvgIpc) is 2.14. The molecule has 0 amide bonds. The summed E-state index contributed by atoms with van der Waals surface area (Å²) >= 11 is 14.0. The first-order valence-corrected chi connectivity index (χ1v) is 29.8. The molecule has 0 rings (SSSR count). The van der Waals surface area contributed by atoms with Crippen LogP contribution in [0.5, 0.6) is 0 Å². The van der Waals surface area contributed by atoms with E-state index in [1.54, 1.807) is 0 Å². The van der Waals surface area contributed by atoms with Gasteiger partial charge < -0.3 is 12.3 Å². The second-order valence-corrected chi connectivity index (χ2v) is 42.2. The molecule has 0 radical (unpaired) electrons. The van der Waals surface area contributed by atoms with Crippen LogP contribution in [0, 0.1) is 0 Å². The van der Waals surface area contributed by atoms with Gasteiger partial charge in [-0.2, -0.15) is 22.2 Å². The number of halogens is 2. The van der Waals surface area contributed by atoms with Crippen LogP contribution in [0.15, 0.2) is 0 Å². The lowest BCUT2D eigenvalue weighted by Gasteiger charge is -2.46. The largest absolute Gasteiger partial charge is 0.469 e. The maximum absolute atomic E-state index is 6.98. The molecule has 0 atom stereocenters. The van der Waals surface area contributed by atoms with Crippen LogP contribution in [-0.2, 0) is 12.3 Å². The van der Waals surface area contributed by atoms with E-state index < -0.39 is 48.5 Å². The first kappa shape index (κ1) is 27.8. The highest BCUT2D eigenvalue weighted by Gasteiger charge is 2.56. The van der Waals surface area contributed by atoms with Crippen molar-refractivity contribution in [2.45, 2.75) is 96.3 Å². The van der Waals surface area contributed by atoms with Gasteiger partial charge in [0.15, 0.2) is 39.7 Å². The van der Waals surface area contributed by atoms with Gasteiger partial charge in [0.25, 0.3) is 0 Å². The van der Waals surface area contributed by atoms with Crippen molar-refractivity contribution in [3.63, 3.8) is 0 Å². The molecule has 0 saturated carbocycles. The molecule has 0 aliphatic carbocycles. The Balaban J connectivity index is 6.29. The molecule has 0 unspecified atom stereocenters. The zero-order chi connectivity index (χ0) is 21.4. The molecule has 3 nitrogen and oxygen atoms in total. The topological polar surface area (TPSA) is 27.7 Å². The third-order valence-electron chi connectivity index (χ3n) is 3.50. The van der Waals surface area contributed by atoms with Gasteiger partial charge >= 0.3 is 8.80 Å². The monoisotopic (exact) mass is 508 g/mol. The van der Waals surface area contributed by atoms with Gasteiger partial charge in [-0.3, -0.25) is 0 Å². The molecule has 0 aliphatic rings. The summed E-state index contributed by atoms with van der Waals surface area (Å²) in [6, 6.07) is 0.775. The number of rotatable bonds is 10. The minimum absolute atomic E-state index is 0.272. The summed E-state index contributed by atoms with van der Waals surface area (Å²) in [4.78, 5) is 0. The second kappa shape index (κ2) is 8.86.